The Bertz CT molecular complexity index is 1020. The van der Waals surface area contributed by atoms with Gasteiger partial charge in [0.2, 0.25) is 0 Å². The zero-order chi connectivity index (χ0) is 18.8. The van der Waals surface area contributed by atoms with Crippen LogP contribution in [0.5, 0.6) is 0 Å². The lowest BCUT2D eigenvalue weighted by molar-refractivity contribution is 0.0954. The molecule has 0 aliphatic heterocycles. The molecule has 2 aromatic carbocycles. The van der Waals surface area contributed by atoms with Gasteiger partial charge in [-0.3, -0.25) is 4.79 Å². The van der Waals surface area contributed by atoms with Crippen LogP contribution in [-0.2, 0) is 6.42 Å². The standard InChI is InChI=1S/C23H23N3O/c1-16-15-21(17(2)26(16)19-11-4-3-5-12-19)23(27)25-24-22-14-8-10-18-9-6-7-13-20(18)22/h3-7,9,11-13,15H,8,10,14H2,1-2H3,(H,25,27). The first-order chi connectivity index (χ1) is 13.1. The minimum absolute atomic E-state index is 0.166. The highest BCUT2D eigenvalue weighted by atomic mass is 16.2. The van der Waals surface area contributed by atoms with E-state index in [1.54, 1.807) is 0 Å². The fourth-order valence-corrected chi connectivity index (χ4v) is 3.86. The summed E-state index contributed by atoms with van der Waals surface area (Å²) in [6.45, 7) is 3.98. The van der Waals surface area contributed by atoms with Crippen molar-refractivity contribution in [3.8, 4) is 5.69 Å². The number of rotatable bonds is 3. The maximum atomic E-state index is 12.8. The Kier molecular flexibility index (Phi) is 4.63. The Hall–Kier alpha value is -3.14. The normalized spacial score (nSPS) is 14.8. The first-order valence-corrected chi connectivity index (χ1v) is 9.34. The molecule has 3 aromatic rings. The van der Waals surface area contributed by atoms with Crippen molar-refractivity contribution in [1.82, 2.24) is 9.99 Å². The van der Waals surface area contributed by atoms with Gasteiger partial charge in [0, 0.05) is 22.6 Å². The van der Waals surface area contributed by atoms with E-state index in [-0.39, 0.29) is 5.91 Å². The summed E-state index contributed by atoms with van der Waals surface area (Å²) in [7, 11) is 0. The number of amides is 1. The minimum Gasteiger partial charge on any atom is -0.318 e. The van der Waals surface area contributed by atoms with Crippen molar-refractivity contribution in [2.45, 2.75) is 33.1 Å². The van der Waals surface area contributed by atoms with Crippen LogP contribution in [0, 0.1) is 13.8 Å². The van der Waals surface area contributed by atoms with Crippen molar-refractivity contribution in [2.75, 3.05) is 0 Å². The minimum atomic E-state index is -0.166. The van der Waals surface area contributed by atoms with Crippen molar-refractivity contribution in [3.05, 3.63) is 88.7 Å². The number of hydrogen-bond donors (Lipinski definition) is 1. The van der Waals surface area contributed by atoms with Crippen molar-refractivity contribution < 1.29 is 4.79 Å². The molecule has 0 fully saturated rings. The number of hydrogen-bond acceptors (Lipinski definition) is 2. The van der Waals surface area contributed by atoms with E-state index in [2.05, 4.69) is 33.3 Å². The van der Waals surface area contributed by atoms with Gasteiger partial charge in [-0.1, -0.05) is 42.5 Å². The number of nitrogens with zero attached hydrogens (tertiary/aromatic N) is 2. The molecule has 0 saturated heterocycles. The van der Waals surface area contributed by atoms with Crippen LogP contribution in [0.25, 0.3) is 5.69 Å². The quantitative estimate of drug-likeness (QED) is 0.686. The largest absolute Gasteiger partial charge is 0.318 e. The summed E-state index contributed by atoms with van der Waals surface area (Å²) in [4.78, 5) is 12.8. The second-order valence-corrected chi connectivity index (χ2v) is 6.97. The van der Waals surface area contributed by atoms with Crippen molar-refractivity contribution in [2.24, 2.45) is 5.10 Å². The van der Waals surface area contributed by atoms with E-state index in [4.69, 9.17) is 0 Å². The third-order valence-corrected chi connectivity index (χ3v) is 5.17. The second kappa shape index (κ2) is 7.23. The van der Waals surface area contributed by atoms with Crippen LogP contribution in [-0.4, -0.2) is 16.2 Å². The molecular weight excluding hydrogens is 334 g/mol. The Morgan fingerprint density at radius 3 is 2.56 bits per heavy atom. The summed E-state index contributed by atoms with van der Waals surface area (Å²) in [5.41, 5.74) is 9.85. The molecule has 4 heteroatoms. The van der Waals surface area contributed by atoms with Gasteiger partial charge in [-0.05, 0) is 56.9 Å². The van der Waals surface area contributed by atoms with Crippen molar-refractivity contribution >= 4 is 11.6 Å². The van der Waals surface area contributed by atoms with Crippen molar-refractivity contribution in [3.63, 3.8) is 0 Å². The molecule has 4 rings (SSSR count). The Morgan fingerprint density at radius 1 is 1.00 bits per heavy atom. The monoisotopic (exact) mass is 357 g/mol. The van der Waals surface area contributed by atoms with Gasteiger partial charge in [-0.2, -0.15) is 5.10 Å². The summed E-state index contributed by atoms with van der Waals surface area (Å²) in [6, 6.07) is 20.3. The second-order valence-electron chi connectivity index (χ2n) is 6.97. The van der Waals surface area contributed by atoms with Gasteiger partial charge in [-0.25, -0.2) is 5.43 Å². The first-order valence-electron chi connectivity index (χ1n) is 9.34. The van der Waals surface area contributed by atoms with Gasteiger partial charge >= 0.3 is 0 Å². The lowest BCUT2D eigenvalue weighted by Gasteiger charge is -2.17. The highest BCUT2D eigenvalue weighted by molar-refractivity contribution is 6.04. The maximum Gasteiger partial charge on any atom is 0.273 e. The number of nitrogens with one attached hydrogen (secondary N) is 1. The number of hydrazone groups is 1. The molecule has 27 heavy (non-hydrogen) atoms. The number of aromatic nitrogens is 1. The molecular formula is C23H23N3O. The molecule has 0 spiro atoms. The molecule has 136 valence electrons. The molecule has 1 amide bonds. The molecule has 0 radical (unpaired) electrons. The van der Waals surface area contributed by atoms with E-state index >= 15 is 0 Å². The van der Waals surface area contributed by atoms with E-state index in [9.17, 15) is 4.79 Å². The van der Waals surface area contributed by atoms with E-state index in [1.807, 2.05) is 56.3 Å². The zero-order valence-corrected chi connectivity index (χ0v) is 15.7. The molecule has 1 heterocycles. The predicted octanol–water partition coefficient (Wildman–Crippen LogP) is 4.56. The summed E-state index contributed by atoms with van der Waals surface area (Å²) in [6.07, 6.45) is 3.02. The average molecular weight is 357 g/mol. The number of fused-ring (bicyclic) bond motifs is 1. The smallest absolute Gasteiger partial charge is 0.273 e. The third-order valence-electron chi connectivity index (χ3n) is 5.17. The molecule has 1 aliphatic carbocycles. The number of carbonyl (C=O) groups excluding carboxylic acids is 1. The van der Waals surface area contributed by atoms with Crippen LogP contribution in [0.1, 0.15) is 45.7 Å². The lowest BCUT2D eigenvalue weighted by atomic mass is 9.90. The highest BCUT2D eigenvalue weighted by Crippen LogP contribution is 2.22. The van der Waals surface area contributed by atoms with Crippen LogP contribution in [0.15, 0.2) is 65.8 Å². The number of para-hydroxylation sites is 1. The third kappa shape index (κ3) is 3.31. The Balaban J connectivity index is 1.60. The van der Waals surface area contributed by atoms with Gasteiger partial charge in [0.05, 0.1) is 11.3 Å². The lowest BCUT2D eigenvalue weighted by Crippen LogP contribution is -2.22. The number of carbonyl (C=O) groups is 1. The van der Waals surface area contributed by atoms with Gasteiger partial charge in [0.25, 0.3) is 5.91 Å². The predicted molar refractivity (Wildman–Crippen MR) is 109 cm³/mol. The summed E-state index contributed by atoms with van der Waals surface area (Å²) < 4.78 is 2.10. The van der Waals surface area contributed by atoms with Crippen molar-refractivity contribution in [1.29, 1.82) is 0 Å². The molecule has 0 unspecified atom stereocenters. The maximum absolute atomic E-state index is 12.8. The zero-order valence-electron chi connectivity index (χ0n) is 15.7. The average Bonchev–Trinajstić information content (AvgIpc) is 3.01. The van der Waals surface area contributed by atoms with Crippen LogP contribution in [0.2, 0.25) is 0 Å². The summed E-state index contributed by atoms with van der Waals surface area (Å²) in [5.74, 6) is -0.166. The topological polar surface area (TPSA) is 46.4 Å². The van der Waals surface area contributed by atoms with Gasteiger partial charge in [0.1, 0.15) is 0 Å². The fourth-order valence-electron chi connectivity index (χ4n) is 3.86. The van der Waals surface area contributed by atoms with E-state index in [0.29, 0.717) is 5.56 Å². The first kappa shape index (κ1) is 17.3. The molecule has 1 aromatic heterocycles. The van der Waals surface area contributed by atoms with Gasteiger partial charge in [-0.15, -0.1) is 0 Å². The van der Waals surface area contributed by atoms with Gasteiger partial charge < -0.3 is 4.57 Å². The van der Waals surface area contributed by atoms with E-state index in [1.165, 1.54) is 5.56 Å². The Labute approximate surface area is 159 Å². The van der Waals surface area contributed by atoms with Crippen LogP contribution >= 0.6 is 0 Å². The van der Waals surface area contributed by atoms with Crippen LogP contribution < -0.4 is 5.43 Å². The fraction of sp³-hybridized carbons (Fsp3) is 0.217. The molecule has 0 bridgehead atoms. The molecule has 0 atom stereocenters. The van der Waals surface area contributed by atoms with E-state index in [0.717, 1.165) is 47.6 Å². The Morgan fingerprint density at radius 2 is 1.74 bits per heavy atom. The van der Waals surface area contributed by atoms with Crippen LogP contribution in [0.3, 0.4) is 0 Å². The van der Waals surface area contributed by atoms with Gasteiger partial charge in [0.15, 0.2) is 0 Å². The number of aryl methyl sites for hydroxylation is 2. The SMILES string of the molecule is Cc1cc(C(=O)NN=C2CCCc3ccccc32)c(C)n1-c1ccccc1. The molecule has 4 nitrogen and oxygen atoms in total. The molecule has 1 N–H and O–H groups in total. The summed E-state index contributed by atoms with van der Waals surface area (Å²) in [5, 5.41) is 4.46. The molecule has 1 aliphatic rings. The van der Waals surface area contributed by atoms with E-state index < -0.39 is 0 Å². The summed E-state index contributed by atoms with van der Waals surface area (Å²) >= 11 is 0. The van der Waals surface area contributed by atoms with Crippen LogP contribution in [0.4, 0.5) is 0 Å². The molecule has 0 saturated carbocycles. The number of benzene rings is 2. The highest BCUT2D eigenvalue weighted by Gasteiger charge is 2.18.